The molecular weight excluding hydrogens is 271 g/mol. The molecule has 2 aromatic carbocycles. The number of halogens is 1. The van der Waals surface area contributed by atoms with Crippen LogP contribution in [0.1, 0.15) is 10.5 Å². The van der Waals surface area contributed by atoms with Gasteiger partial charge in [0.2, 0.25) is 0 Å². The summed E-state index contributed by atoms with van der Waals surface area (Å²) in [5.41, 5.74) is 1.72. The third-order valence-corrected chi connectivity index (χ3v) is 3.18. The SMILES string of the molecule is COc1cccc2cc(C(=O)Nc3ccc(F)cc3)[nH]c12. The molecule has 0 saturated carbocycles. The second kappa shape index (κ2) is 5.28. The van der Waals surface area contributed by atoms with Gasteiger partial charge in [0.15, 0.2) is 0 Å². The molecule has 0 unspecified atom stereocenters. The van der Waals surface area contributed by atoms with Crippen LogP contribution in [-0.4, -0.2) is 18.0 Å². The first kappa shape index (κ1) is 13.2. The molecule has 2 N–H and O–H groups in total. The third kappa shape index (κ3) is 2.58. The van der Waals surface area contributed by atoms with Gasteiger partial charge in [-0.25, -0.2) is 4.39 Å². The number of H-pyrrole nitrogens is 1. The first-order valence-electron chi connectivity index (χ1n) is 6.40. The van der Waals surface area contributed by atoms with Crippen molar-refractivity contribution in [1.29, 1.82) is 0 Å². The van der Waals surface area contributed by atoms with Crippen molar-refractivity contribution in [2.45, 2.75) is 0 Å². The molecule has 106 valence electrons. The molecule has 1 amide bonds. The lowest BCUT2D eigenvalue weighted by Gasteiger charge is -2.03. The number of hydrogen-bond donors (Lipinski definition) is 2. The number of nitrogens with one attached hydrogen (secondary N) is 2. The maximum absolute atomic E-state index is 12.8. The van der Waals surface area contributed by atoms with Gasteiger partial charge in [0.05, 0.1) is 12.6 Å². The first-order chi connectivity index (χ1) is 10.2. The Hall–Kier alpha value is -2.82. The number of aromatic nitrogens is 1. The summed E-state index contributed by atoms with van der Waals surface area (Å²) in [7, 11) is 1.58. The molecule has 0 fully saturated rings. The zero-order valence-corrected chi connectivity index (χ0v) is 11.3. The van der Waals surface area contributed by atoms with E-state index in [-0.39, 0.29) is 11.7 Å². The van der Waals surface area contributed by atoms with Gasteiger partial charge in [-0.15, -0.1) is 0 Å². The number of ether oxygens (including phenoxy) is 1. The highest BCUT2D eigenvalue weighted by Crippen LogP contribution is 2.25. The van der Waals surface area contributed by atoms with Gasteiger partial charge in [0.25, 0.3) is 5.91 Å². The molecule has 0 bridgehead atoms. The molecule has 3 rings (SSSR count). The number of methoxy groups -OCH3 is 1. The lowest BCUT2D eigenvalue weighted by Crippen LogP contribution is -2.12. The molecule has 0 spiro atoms. The van der Waals surface area contributed by atoms with E-state index in [0.29, 0.717) is 17.1 Å². The number of aromatic amines is 1. The second-order valence-electron chi connectivity index (χ2n) is 4.57. The molecule has 0 saturated heterocycles. The van der Waals surface area contributed by atoms with Crippen LogP contribution in [-0.2, 0) is 0 Å². The third-order valence-electron chi connectivity index (χ3n) is 3.18. The molecule has 0 aliphatic rings. The highest BCUT2D eigenvalue weighted by Gasteiger charge is 2.12. The normalized spacial score (nSPS) is 10.6. The molecular formula is C16H13FN2O2. The Kier molecular flexibility index (Phi) is 3.31. The van der Waals surface area contributed by atoms with Crippen molar-refractivity contribution in [3.8, 4) is 5.75 Å². The molecule has 21 heavy (non-hydrogen) atoms. The lowest BCUT2D eigenvalue weighted by molar-refractivity contribution is 0.102. The highest BCUT2D eigenvalue weighted by molar-refractivity contribution is 6.06. The van der Waals surface area contributed by atoms with Gasteiger partial charge in [-0.3, -0.25) is 4.79 Å². The summed E-state index contributed by atoms with van der Waals surface area (Å²) >= 11 is 0. The molecule has 5 heteroatoms. The lowest BCUT2D eigenvalue weighted by atomic mass is 10.2. The summed E-state index contributed by atoms with van der Waals surface area (Å²) in [5, 5.41) is 3.59. The molecule has 3 aromatic rings. The monoisotopic (exact) mass is 284 g/mol. The van der Waals surface area contributed by atoms with E-state index >= 15 is 0 Å². The predicted octanol–water partition coefficient (Wildman–Crippen LogP) is 3.57. The fourth-order valence-corrected chi connectivity index (χ4v) is 2.15. The van der Waals surface area contributed by atoms with E-state index in [1.54, 1.807) is 13.2 Å². The fourth-order valence-electron chi connectivity index (χ4n) is 2.15. The van der Waals surface area contributed by atoms with Gasteiger partial charge in [-0.2, -0.15) is 0 Å². The largest absolute Gasteiger partial charge is 0.495 e. The number of carbonyl (C=O) groups is 1. The molecule has 4 nitrogen and oxygen atoms in total. The van der Waals surface area contributed by atoms with Gasteiger partial charge in [0.1, 0.15) is 17.3 Å². The Morgan fingerprint density at radius 3 is 2.67 bits per heavy atom. The molecule has 1 aromatic heterocycles. The van der Waals surface area contributed by atoms with E-state index in [0.717, 1.165) is 10.9 Å². The van der Waals surface area contributed by atoms with Crippen molar-refractivity contribution in [2.75, 3.05) is 12.4 Å². The minimum Gasteiger partial charge on any atom is -0.495 e. The van der Waals surface area contributed by atoms with Crippen LogP contribution in [0.25, 0.3) is 10.9 Å². The molecule has 0 aliphatic heterocycles. The van der Waals surface area contributed by atoms with E-state index < -0.39 is 0 Å². The minimum absolute atomic E-state index is 0.292. The van der Waals surface area contributed by atoms with Crippen LogP contribution in [0.2, 0.25) is 0 Å². The van der Waals surface area contributed by atoms with Gasteiger partial charge in [-0.1, -0.05) is 12.1 Å². The maximum atomic E-state index is 12.8. The smallest absolute Gasteiger partial charge is 0.272 e. The van der Waals surface area contributed by atoms with Crippen LogP contribution in [0.5, 0.6) is 5.75 Å². The maximum Gasteiger partial charge on any atom is 0.272 e. The van der Waals surface area contributed by atoms with Crippen LogP contribution < -0.4 is 10.1 Å². The quantitative estimate of drug-likeness (QED) is 0.772. The van der Waals surface area contributed by atoms with Crippen LogP contribution in [0.15, 0.2) is 48.5 Å². The van der Waals surface area contributed by atoms with E-state index in [4.69, 9.17) is 4.74 Å². The summed E-state index contributed by atoms with van der Waals surface area (Å²) in [6.45, 7) is 0. The van der Waals surface area contributed by atoms with Crippen molar-refractivity contribution in [2.24, 2.45) is 0 Å². The summed E-state index contributed by atoms with van der Waals surface area (Å²) in [4.78, 5) is 15.2. The van der Waals surface area contributed by atoms with Crippen molar-refractivity contribution >= 4 is 22.5 Å². The predicted molar refractivity (Wildman–Crippen MR) is 79.2 cm³/mol. The Labute approximate surface area is 120 Å². The summed E-state index contributed by atoms with van der Waals surface area (Å²) in [6.07, 6.45) is 0. The zero-order chi connectivity index (χ0) is 14.8. The minimum atomic E-state index is -0.344. The van der Waals surface area contributed by atoms with Gasteiger partial charge in [0, 0.05) is 11.1 Å². The number of carbonyl (C=O) groups excluding carboxylic acids is 1. The van der Waals surface area contributed by atoms with Gasteiger partial charge < -0.3 is 15.0 Å². The standard InChI is InChI=1S/C16H13FN2O2/c1-21-14-4-2-3-10-9-13(19-15(10)14)16(20)18-12-7-5-11(17)6-8-12/h2-9,19H,1H3,(H,18,20). The van der Waals surface area contributed by atoms with E-state index in [2.05, 4.69) is 10.3 Å². The Morgan fingerprint density at radius 1 is 1.19 bits per heavy atom. The summed E-state index contributed by atoms with van der Waals surface area (Å²) in [5.74, 6) is 0.0385. The Balaban J connectivity index is 1.89. The number of benzene rings is 2. The van der Waals surface area contributed by atoms with Crippen LogP contribution in [0.4, 0.5) is 10.1 Å². The Bertz CT molecular complexity index is 794. The van der Waals surface area contributed by atoms with Gasteiger partial charge in [-0.05, 0) is 36.4 Å². The van der Waals surface area contributed by atoms with Crippen LogP contribution >= 0.6 is 0 Å². The zero-order valence-electron chi connectivity index (χ0n) is 11.3. The summed E-state index contributed by atoms with van der Waals surface area (Å²) in [6, 6.07) is 12.9. The average molecular weight is 284 g/mol. The molecule has 0 radical (unpaired) electrons. The van der Waals surface area contributed by atoms with Crippen LogP contribution in [0, 0.1) is 5.82 Å². The van der Waals surface area contributed by atoms with E-state index in [1.807, 2.05) is 18.2 Å². The molecule has 0 aliphatic carbocycles. The number of rotatable bonds is 3. The van der Waals surface area contributed by atoms with Crippen LogP contribution in [0.3, 0.4) is 0 Å². The van der Waals surface area contributed by atoms with Crippen molar-refractivity contribution in [1.82, 2.24) is 4.98 Å². The van der Waals surface area contributed by atoms with Crippen molar-refractivity contribution < 1.29 is 13.9 Å². The number of amides is 1. The topological polar surface area (TPSA) is 54.1 Å². The molecule has 0 atom stereocenters. The fraction of sp³-hybridized carbons (Fsp3) is 0.0625. The number of hydrogen-bond acceptors (Lipinski definition) is 2. The molecule has 1 heterocycles. The number of anilines is 1. The highest BCUT2D eigenvalue weighted by atomic mass is 19.1. The second-order valence-corrected chi connectivity index (χ2v) is 4.57. The van der Waals surface area contributed by atoms with E-state index in [1.165, 1.54) is 24.3 Å². The summed E-state index contributed by atoms with van der Waals surface area (Å²) < 4.78 is 18.1. The first-order valence-corrected chi connectivity index (χ1v) is 6.40. The number of fused-ring (bicyclic) bond motifs is 1. The average Bonchev–Trinajstić information content (AvgIpc) is 2.93. The number of para-hydroxylation sites is 1. The van der Waals surface area contributed by atoms with E-state index in [9.17, 15) is 9.18 Å². The van der Waals surface area contributed by atoms with Crippen molar-refractivity contribution in [3.05, 3.63) is 60.0 Å². The van der Waals surface area contributed by atoms with Crippen molar-refractivity contribution in [3.63, 3.8) is 0 Å². The van der Waals surface area contributed by atoms with Gasteiger partial charge >= 0.3 is 0 Å². The Morgan fingerprint density at radius 2 is 1.95 bits per heavy atom.